The molecule has 2 saturated heterocycles. The molecule has 0 saturated carbocycles. The van der Waals surface area contributed by atoms with Crippen LogP contribution < -0.4 is 10.2 Å². The Balaban J connectivity index is 1.77. The van der Waals surface area contributed by atoms with Gasteiger partial charge >= 0.3 is 0 Å². The van der Waals surface area contributed by atoms with Gasteiger partial charge in [-0.15, -0.1) is 0 Å². The first kappa shape index (κ1) is 11.1. The molecule has 2 aliphatic rings. The first-order valence-electron chi connectivity index (χ1n) is 6.97. The van der Waals surface area contributed by atoms with Crippen LogP contribution in [0.2, 0.25) is 0 Å². The van der Waals surface area contributed by atoms with Crippen LogP contribution in [0.15, 0.2) is 24.3 Å². The number of benzene rings is 1. The molecule has 2 heterocycles. The minimum absolute atomic E-state index is 0.846. The van der Waals surface area contributed by atoms with Crippen molar-refractivity contribution in [1.82, 2.24) is 5.32 Å². The van der Waals surface area contributed by atoms with Crippen molar-refractivity contribution in [3.8, 4) is 0 Å². The molecule has 2 heteroatoms. The second kappa shape index (κ2) is 5.09. The third-order valence-electron chi connectivity index (χ3n) is 4.11. The molecule has 2 fully saturated rings. The molecule has 1 aromatic carbocycles. The summed E-state index contributed by atoms with van der Waals surface area (Å²) < 4.78 is 0. The fraction of sp³-hybridized carbons (Fsp3) is 0.600. The van der Waals surface area contributed by atoms with Gasteiger partial charge in [-0.2, -0.15) is 0 Å². The van der Waals surface area contributed by atoms with Crippen molar-refractivity contribution in [3.63, 3.8) is 0 Å². The van der Waals surface area contributed by atoms with Crippen molar-refractivity contribution in [2.75, 3.05) is 31.1 Å². The summed E-state index contributed by atoms with van der Waals surface area (Å²) in [6.07, 6.45) is 5.31. The summed E-state index contributed by atoms with van der Waals surface area (Å²) in [5.74, 6) is 0.846. The smallest absolute Gasteiger partial charge is 0.0398 e. The highest BCUT2D eigenvalue weighted by molar-refractivity contribution is 5.54. The second-order valence-corrected chi connectivity index (χ2v) is 5.39. The van der Waals surface area contributed by atoms with Crippen LogP contribution in [0.5, 0.6) is 0 Å². The molecule has 0 bridgehead atoms. The number of nitrogens with zero attached hydrogens (tertiary/aromatic N) is 1. The average molecular weight is 230 g/mol. The van der Waals surface area contributed by atoms with Gasteiger partial charge in [-0.3, -0.25) is 0 Å². The molecule has 1 aromatic rings. The molecule has 0 amide bonds. The van der Waals surface area contributed by atoms with Gasteiger partial charge in [-0.1, -0.05) is 18.2 Å². The van der Waals surface area contributed by atoms with E-state index in [1.54, 1.807) is 5.56 Å². The van der Waals surface area contributed by atoms with E-state index in [2.05, 4.69) is 34.5 Å². The van der Waals surface area contributed by atoms with E-state index in [9.17, 15) is 0 Å². The lowest BCUT2D eigenvalue weighted by Crippen LogP contribution is -2.20. The predicted octanol–water partition coefficient (Wildman–Crippen LogP) is 2.44. The molecule has 1 unspecified atom stereocenters. The van der Waals surface area contributed by atoms with Gasteiger partial charge in [0, 0.05) is 18.8 Å². The van der Waals surface area contributed by atoms with E-state index in [1.807, 2.05) is 0 Å². The zero-order chi connectivity index (χ0) is 11.5. The maximum absolute atomic E-state index is 3.47. The van der Waals surface area contributed by atoms with Gasteiger partial charge in [-0.25, -0.2) is 0 Å². The molecule has 0 spiro atoms. The zero-order valence-electron chi connectivity index (χ0n) is 10.5. The molecule has 1 atom stereocenters. The molecule has 0 aliphatic carbocycles. The SMILES string of the molecule is c1ccc(N2CCCC2)c(CC2CCNC2)c1. The first-order valence-corrected chi connectivity index (χ1v) is 6.97. The van der Waals surface area contributed by atoms with Crippen LogP contribution in [0.3, 0.4) is 0 Å². The van der Waals surface area contributed by atoms with Crippen LogP contribution >= 0.6 is 0 Å². The lowest BCUT2D eigenvalue weighted by molar-refractivity contribution is 0.579. The Morgan fingerprint density at radius 2 is 2.00 bits per heavy atom. The Hall–Kier alpha value is -1.02. The van der Waals surface area contributed by atoms with Crippen molar-refractivity contribution in [1.29, 1.82) is 0 Å². The summed E-state index contributed by atoms with van der Waals surface area (Å²) in [7, 11) is 0. The summed E-state index contributed by atoms with van der Waals surface area (Å²) >= 11 is 0. The quantitative estimate of drug-likeness (QED) is 0.858. The van der Waals surface area contributed by atoms with Gasteiger partial charge in [0.2, 0.25) is 0 Å². The van der Waals surface area contributed by atoms with Gasteiger partial charge < -0.3 is 10.2 Å². The molecular weight excluding hydrogens is 208 g/mol. The van der Waals surface area contributed by atoms with Crippen LogP contribution in [0.4, 0.5) is 5.69 Å². The normalized spacial score (nSPS) is 24.5. The Morgan fingerprint density at radius 1 is 1.18 bits per heavy atom. The van der Waals surface area contributed by atoms with E-state index in [-0.39, 0.29) is 0 Å². The van der Waals surface area contributed by atoms with Gasteiger partial charge in [-0.05, 0) is 56.3 Å². The topological polar surface area (TPSA) is 15.3 Å². The zero-order valence-corrected chi connectivity index (χ0v) is 10.5. The molecule has 2 aliphatic heterocycles. The van der Waals surface area contributed by atoms with Crippen molar-refractivity contribution in [2.24, 2.45) is 5.92 Å². The number of hydrogen-bond acceptors (Lipinski definition) is 2. The predicted molar refractivity (Wildman–Crippen MR) is 72.6 cm³/mol. The summed E-state index contributed by atoms with van der Waals surface area (Å²) in [5.41, 5.74) is 3.06. The largest absolute Gasteiger partial charge is 0.371 e. The van der Waals surface area contributed by atoms with E-state index in [1.165, 1.54) is 57.5 Å². The number of para-hydroxylation sites is 1. The average Bonchev–Trinajstić information content (AvgIpc) is 3.01. The van der Waals surface area contributed by atoms with Crippen LogP contribution in [0.1, 0.15) is 24.8 Å². The number of nitrogens with one attached hydrogen (secondary N) is 1. The lowest BCUT2D eigenvalue weighted by atomic mass is 9.97. The fourth-order valence-electron chi connectivity index (χ4n) is 3.15. The van der Waals surface area contributed by atoms with Crippen molar-refractivity contribution in [2.45, 2.75) is 25.7 Å². The minimum atomic E-state index is 0.846. The Labute approximate surface area is 104 Å². The summed E-state index contributed by atoms with van der Waals surface area (Å²) in [6, 6.07) is 9.01. The standard InChI is InChI=1S/C15H22N2/c1-2-6-15(17-9-3-4-10-17)14(5-1)11-13-7-8-16-12-13/h1-2,5-6,13,16H,3-4,7-12H2. The highest BCUT2D eigenvalue weighted by atomic mass is 15.1. The van der Waals surface area contributed by atoms with E-state index in [4.69, 9.17) is 0 Å². The summed E-state index contributed by atoms with van der Waals surface area (Å²) in [4.78, 5) is 2.57. The van der Waals surface area contributed by atoms with Gasteiger partial charge in [0.25, 0.3) is 0 Å². The van der Waals surface area contributed by atoms with E-state index < -0.39 is 0 Å². The van der Waals surface area contributed by atoms with Crippen molar-refractivity contribution < 1.29 is 0 Å². The summed E-state index contributed by atoms with van der Waals surface area (Å²) in [5, 5.41) is 3.47. The maximum Gasteiger partial charge on any atom is 0.0398 e. The third-order valence-corrected chi connectivity index (χ3v) is 4.11. The summed E-state index contributed by atoms with van der Waals surface area (Å²) in [6.45, 7) is 4.91. The monoisotopic (exact) mass is 230 g/mol. The highest BCUT2D eigenvalue weighted by Crippen LogP contribution is 2.27. The van der Waals surface area contributed by atoms with Gasteiger partial charge in [0.15, 0.2) is 0 Å². The first-order chi connectivity index (χ1) is 8.43. The molecular formula is C15H22N2. The van der Waals surface area contributed by atoms with Crippen molar-refractivity contribution >= 4 is 5.69 Å². The lowest BCUT2D eigenvalue weighted by Gasteiger charge is -2.22. The maximum atomic E-state index is 3.47. The fourth-order valence-corrected chi connectivity index (χ4v) is 3.15. The van der Waals surface area contributed by atoms with Crippen LogP contribution in [-0.4, -0.2) is 26.2 Å². The molecule has 0 aromatic heterocycles. The Morgan fingerprint density at radius 3 is 2.76 bits per heavy atom. The number of anilines is 1. The second-order valence-electron chi connectivity index (χ2n) is 5.39. The van der Waals surface area contributed by atoms with E-state index in [0.717, 1.165) is 5.92 Å². The molecule has 0 radical (unpaired) electrons. The molecule has 17 heavy (non-hydrogen) atoms. The third kappa shape index (κ3) is 2.47. The molecule has 2 nitrogen and oxygen atoms in total. The highest BCUT2D eigenvalue weighted by Gasteiger charge is 2.19. The van der Waals surface area contributed by atoms with Crippen molar-refractivity contribution in [3.05, 3.63) is 29.8 Å². The number of hydrogen-bond donors (Lipinski definition) is 1. The molecule has 92 valence electrons. The van der Waals surface area contributed by atoms with Gasteiger partial charge in [0.05, 0.1) is 0 Å². The van der Waals surface area contributed by atoms with E-state index >= 15 is 0 Å². The molecule has 3 rings (SSSR count). The van der Waals surface area contributed by atoms with E-state index in [0.29, 0.717) is 0 Å². The van der Waals surface area contributed by atoms with Gasteiger partial charge in [0.1, 0.15) is 0 Å². The number of rotatable bonds is 3. The minimum Gasteiger partial charge on any atom is -0.371 e. The Bertz CT molecular complexity index is 363. The van der Waals surface area contributed by atoms with Crippen LogP contribution in [0, 0.1) is 5.92 Å². The molecule has 1 N–H and O–H groups in total. The van der Waals surface area contributed by atoms with Crippen LogP contribution in [-0.2, 0) is 6.42 Å². The van der Waals surface area contributed by atoms with Crippen LogP contribution in [0.25, 0.3) is 0 Å². The Kier molecular flexibility index (Phi) is 3.32.